The smallest absolute Gasteiger partial charge is 0.328 e. The normalized spacial score (nSPS) is 21.1. The van der Waals surface area contributed by atoms with Crippen molar-refractivity contribution in [1.82, 2.24) is 9.13 Å². The van der Waals surface area contributed by atoms with Crippen LogP contribution in [0.5, 0.6) is 0 Å². The molecule has 0 atom stereocenters. The third-order valence-corrected chi connectivity index (χ3v) is 3.37. The molecule has 0 N–H and O–H groups in total. The first kappa shape index (κ1) is 9.21. The van der Waals surface area contributed by atoms with Crippen LogP contribution in [-0.4, -0.2) is 15.7 Å². The first-order valence-electron chi connectivity index (χ1n) is 5.65. The predicted octanol–water partition coefficient (Wildman–Crippen LogP) is 0.984. The molecule has 0 aromatic carbocycles. The van der Waals surface area contributed by atoms with Gasteiger partial charge in [-0.2, -0.15) is 0 Å². The van der Waals surface area contributed by atoms with E-state index in [2.05, 4.69) is 0 Å². The number of hydrogen-bond acceptors (Lipinski definition) is 2. The first-order valence-corrected chi connectivity index (χ1v) is 5.65. The zero-order valence-corrected chi connectivity index (χ0v) is 9.03. The summed E-state index contributed by atoms with van der Waals surface area (Å²) in [6.07, 6.45) is 4.35. The van der Waals surface area contributed by atoms with Gasteiger partial charge in [-0.15, -0.1) is 0 Å². The Bertz CT molecular complexity index is 440. The fraction of sp³-hybridized carbons (Fsp3) is 0.727. The van der Waals surface area contributed by atoms with Crippen LogP contribution in [0.2, 0.25) is 0 Å². The topological polar surface area (TPSA) is 36.2 Å². The van der Waals surface area contributed by atoms with Gasteiger partial charge in [-0.3, -0.25) is 9.13 Å². The summed E-state index contributed by atoms with van der Waals surface area (Å²) in [7, 11) is 1.86. The Kier molecular flexibility index (Phi) is 1.99. The van der Waals surface area contributed by atoms with Crippen molar-refractivity contribution < 1.29 is 4.74 Å². The third kappa shape index (κ3) is 1.35. The lowest BCUT2D eigenvalue weighted by molar-refractivity contribution is 0.120. The minimum atomic E-state index is 0.146. The summed E-state index contributed by atoms with van der Waals surface area (Å²) >= 11 is 0. The molecule has 1 aliphatic heterocycles. The average Bonchev–Trinajstić information content (AvgIpc) is 3.01. The highest BCUT2D eigenvalue weighted by molar-refractivity contribution is 5.18. The molecule has 2 aliphatic rings. The van der Waals surface area contributed by atoms with Crippen molar-refractivity contribution in [2.24, 2.45) is 7.05 Å². The molecule has 15 heavy (non-hydrogen) atoms. The number of nitrogens with zero attached hydrogens (tertiary/aromatic N) is 2. The van der Waals surface area contributed by atoms with Crippen LogP contribution >= 0.6 is 0 Å². The molecule has 1 aliphatic carbocycles. The molecular formula is C11H16N2O2. The maximum absolute atomic E-state index is 12.0. The molecular weight excluding hydrogens is 192 g/mol. The molecule has 0 amide bonds. The minimum absolute atomic E-state index is 0.146. The van der Waals surface area contributed by atoms with Gasteiger partial charge in [-0.05, 0) is 25.7 Å². The molecule has 1 aromatic rings. The maximum atomic E-state index is 12.0. The minimum Gasteiger partial charge on any atom is -0.375 e. The summed E-state index contributed by atoms with van der Waals surface area (Å²) < 4.78 is 9.26. The lowest BCUT2D eigenvalue weighted by Crippen LogP contribution is -2.23. The van der Waals surface area contributed by atoms with Crippen LogP contribution in [-0.2, 0) is 24.8 Å². The number of imidazole rings is 1. The van der Waals surface area contributed by atoms with E-state index in [-0.39, 0.29) is 5.69 Å². The summed E-state index contributed by atoms with van der Waals surface area (Å²) in [6.45, 7) is 1.41. The van der Waals surface area contributed by atoms with Crippen molar-refractivity contribution in [3.63, 3.8) is 0 Å². The molecule has 1 aromatic heterocycles. The quantitative estimate of drug-likeness (QED) is 0.690. The lowest BCUT2D eigenvalue weighted by Gasteiger charge is -2.03. The van der Waals surface area contributed by atoms with Crippen molar-refractivity contribution in [1.29, 1.82) is 0 Å². The van der Waals surface area contributed by atoms with Gasteiger partial charge in [0.05, 0.1) is 12.3 Å². The van der Waals surface area contributed by atoms with E-state index >= 15 is 0 Å². The monoisotopic (exact) mass is 208 g/mol. The van der Waals surface area contributed by atoms with Crippen LogP contribution in [0.25, 0.3) is 0 Å². The standard InChI is InChI=1S/C11H16N2O2/c1-12-10-7-15-6-2-3-9(10)13(11(12)14)8-4-5-8/h8H,2-7H2,1H3. The summed E-state index contributed by atoms with van der Waals surface area (Å²) in [5.41, 5.74) is 2.46. The lowest BCUT2D eigenvalue weighted by atomic mass is 10.2. The van der Waals surface area contributed by atoms with Crippen molar-refractivity contribution >= 4 is 0 Å². The molecule has 4 nitrogen and oxygen atoms in total. The zero-order chi connectivity index (χ0) is 10.4. The van der Waals surface area contributed by atoms with Crippen molar-refractivity contribution in [2.75, 3.05) is 6.61 Å². The zero-order valence-electron chi connectivity index (χ0n) is 9.03. The van der Waals surface area contributed by atoms with Crippen LogP contribution < -0.4 is 5.69 Å². The predicted molar refractivity (Wildman–Crippen MR) is 55.9 cm³/mol. The number of fused-ring (bicyclic) bond motifs is 1. The second-order valence-corrected chi connectivity index (χ2v) is 4.49. The van der Waals surface area contributed by atoms with E-state index in [0.29, 0.717) is 12.6 Å². The van der Waals surface area contributed by atoms with Crippen molar-refractivity contribution in [2.45, 2.75) is 38.3 Å². The van der Waals surface area contributed by atoms with Crippen LogP contribution in [0.3, 0.4) is 0 Å². The largest absolute Gasteiger partial charge is 0.375 e. The Morgan fingerprint density at radius 1 is 1.33 bits per heavy atom. The summed E-state index contributed by atoms with van der Waals surface area (Å²) in [5, 5.41) is 0. The van der Waals surface area contributed by atoms with E-state index < -0.39 is 0 Å². The molecule has 2 heterocycles. The molecule has 0 bridgehead atoms. The van der Waals surface area contributed by atoms with Gasteiger partial charge in [-0.25, -0.2) is 4.79 Å². The Morgan fingerprint density at radius 2 is 2.13 bits per heavy atom. The van der Waals surface area contributed by atoms with Crippen molar-refractivity contribution in [3.8, 4) is 0 Å². The molecule has 0 saturated heterocycles. The SMILES string of the molecule is Cn1c2c(n(C3CC3)c1=O)CCCOC2. The summed E-state index contributed by atoms with van der Waals surface area (Å²) in [6, 6.07) is 0.477. The van der Waals surface area contributed by atoms with Crippen LogP contribution in [0.15, 0.2) is 4.79 Å². The maximum Gasteiger partial charge on any atom is 0.328 e. The van der Waals surface area contributed by atoms with Gasteiger partial charge >= 0.3 is 5.69 Å². The van der Waals surface area contributed by atoms with Gasteiger partial charge in [0.2, 0.25) is 0 Å². The second-order valence-electron chi connectivity index (χ2n) is 4.49. The molecule has 4 heteroatoms. The van der Waals surface area contributed by atoms with E-state index in [1.165, 1.54) is 5.69 Å². The fourth-order valence-electron chi connectivity index (χ4n) is 2.39. The van der Waals surface area contributed by atoms with Crippen LogP contribution in [0.4, 0.5) is 0 Å². The highest BCUT2D eigenvalue weighted by atomic mass is 16.5. The van der Waals surface area contributed by atoms with Gasteiger partial charge < -0.3 is 4.74 Å². The Labute approximate surface area is 88.5 Å². The molecule has 0 radical (unpaired) electrons. The van der Waals surface area contributed by atoms with Gasteiger partial charge in [-0.1, -0.05) is 0 Å². The Balaban J connectivity index is 2.17. The number of aromatic nitrogens is 2. The van der Waals surface area contributed by atoms with Crippen molar-refractivity contribution in [3.05, 3.63) is 21.9 Å². The fourth-order valence-corrected chi connectivity index (χ4v) is 2.39. The Morgan fingerprint density at radius 3 is 2.87 bits per heavy atom. The molecule has 1 fully saturated rings. The average molecular weight is 208 g/mol. The van der Waals surface area contributed by atoms with E-state index in [4.69, 9.17) is 4.74 Å². The molecule has 1 saturated carbocycles. The Hall–Kier alpha value is -1.03. The highest BCUT2D eigenvalue weighted by Gasteiger charge is 2.31. The number of ether oxygens (including phenoxy) is 1. The molecule has 0 unspecified atom stereocenters. The molecule has 82 valence electrons. The van der Waals surface area contributed by atoms with E-state index in [0.717, 1.165) is 38.0 Å². The van der Waals surface area contributed by atoms with Gasteiger partial charge in [0.1, 0.15) is 0 Å². The molecule has 0 spiro atoms. The summed E-state index contributed by atoms with van der Waals surface area (Å²) in [4.78, 5) is 12.0. The van der Waals surface area contributed by atoms with E-state index in [9.17, 15) is 4.79 Å². The third-order valence-electron chi connectivity index (χ3n) is 3.37. The van der Waals surface area contributed by atoms with E-state index in [1.54, 1.807) is 4.57 Å². The van der Waals surface area contributed by atoms with Crippen LogP contribution in [0.1, 0.15) is 36.7 Å². The van der Waals surface area contributed by atoms with Gasteiger partial charge in [0.25, 0.3) is 0 Å². The van der Waals surface area contributed by atoms with Gasteiger partial charge in [0, 0.05) is 25.4 Å². The molecule has 3 rings (SSSR count). The van der Waals surface area contributed by atoms with Crippen LogP contribution in [0, 0.1) is 0 Å². The van der Waals surface area contributed by atoms with E-state index in [1.807, 2.05) is 11.6 Å². The second kappa shape index (κ2) is 3.23. The number of rotatable bonds is 1. The number of hydrogen-bond donors (Lipinski definition) is 0. The first-order chi connectivity index (χ1) is 7.29. The summed E-state index contributed by atoms with van der Waals surface area (Å²) in [5.74, 6) is 0. The van der Waals surface area contributed by atoms with Gasteiger partial charge in [0.15, 0.2) is 0 Å². The highest BCUT2D eigenvalue weighted by Crippen LogP contribution is 2.36.